The number of aromatic nitrogens is 7. The molecule has 0 radical (unpaired) electrons. The summed E-state index contributed by atoms with van der Waals surface area (Å²) in [6, 6.07) is 17.2. The van der Waals surface area contributed by atoms with E-state index >= 15 is 0 Å². The Kier molecular flexibility index (Phi) is 9.52. The number of hydrogen-bond donors (Lipinski definition) is 2. The summed E-state index contributed by atoms with van der Waals surface area (Å²) in [4.78, 5) is 29.2. The minimum atomic E-state index is -0.584. The van der Waals surface area contributed by atoms with Crippen LogP contribution in [0.4, 0.5) is 10.5 Å². The van der Waals surface area contributed by atoms with Crippen LogP contribution in [0, 0.1) is 6.92 Å². The van der Waals surface area contributed by atoms with Crippen molar-refractivity contribution in [3.8, 4) is 16.8 Å². The van der Waals surface area contributed by atoms with E-state index in [1.807, 2.05) is 19.1 Å². The van der Waals surface area contributed by atoms with E-state index in [0.29, 0.717) is 39.6 Å². The topological polar surface area (TPSA) is 150 Å². The number of ether oxygens (including phenoxy) is 1. The maximum atomic E-state index is 13.3. The number of rotatable bonds is 9. The molecule has 5 rings (SSSR count). The summed E-state index contributed by atoms with van der Waals surface area (Å²) in [6.07, 6.45) is 6.04. The van der Waals surface area contributed by atoms with Gasteiger partial charge < -0.3 is 10.1 Å². The van der Waals surface area contributed by atoms with Gasteiger partial charge in [0.1, 0.15) is 6.33 Å². The average molecular weight is 630 g/mol. The number of anilines is 1. The first-order chi connectivity index (χ1) is 21.3. The first-order valence-electron chi connectivity index (χ1n) is 13.2. The van der Waals surface area contributed by atoms with E-state index in [4.69, 9.17) is 23.2 Å². The van der Waals surface area contributed by atoms with E-state index in [9.17, 15) is 9.59 Å². The molecule has 3 aromatic heterocycles. The lowest BCUT2D eigenvalue weighted by Gasteiger charge is -2.18. The Morgan fingerprint density at radius 3 is 2.57 bits per heavy atom. The second kappa shape index (κ2) is 13.8. The van der Waals surface area contributed by atoms with Crippen LogP contribution in [-0.4, -0.2) is 54.5 Å². The molecule has 1 unspecified atom stereocenters. The largest absolute Gasteiger partial charge is 0.453 e. The fourth-order valence-electron chi connectivity index (χ4n) is 4.28. The van der Waals surface area contributed by atoms with Gasteiger partial charge in [0.2, 0.25) is 5.91 Å². The van der Waals surface area contributed by atoms with E-state index in [2.05, 4.69) is 46.1 Å². The highest BCUT2D eigenvalue weighted by atomic mass is 35.5. The summed E-state index contributed by atoms with van der Waals surface area (Å²) in [6.45, 7) is 1.90. The van der Waals surface area contributed by atoms with Crippen molar-refractivity contribution in [2.75, 3.05) is 12.4 Å². The Morgan fingerprint density at radius 2 is 1.86 bits per heavy atom. The maximum Gasteiger partial charge on any atom is 0.411 e. The molecule has 222 valence electrons. The lowest BCUT2D eigenvalue weighted by atomic mass is 10.0. The zero-order valence-corrected chi connectivity index (χ0v) is 25.0. The molecule has 0 aliphatic heterocycles. The zero-order chi connectivity index (χ0) is 31.1. The number of hydrogen-bond acceptors (Lipinski definition) is 9. The van der Waals surface area contributed by atoms with Gasteiger partial charge in [-0.15, -0.1) is 10.2 Å². The minimum absolute atomic E-state index is 0.181. The van der Waals surface area contributed by atoms with Crippen LogP contribution >= 0.6 is 23.2 Å². The van der Waals surface area contributed by atoms with Gasteiger partial charge >= 0.3 is 6.09 Å². The summed E-state index contributed by atoms with van der Waals surface area (Å²) in [5, 5.41) is 26.1. The van der Waals surface area contributed by atoms with Crippen LogP contribution in [0.3, 0.4) is 0 Å². The maximum absolute atomic E-state index is 13.3. The normalized spacial score (nSPS) is 11.7. The van der Waals surface area contributed by atoms with E-state index < -0.39 is 12.1 Å². The molecule has 3 heterocycles. The van der Waals surface area contributed by atoms with Crippen molar-refractivity contribution < 1.29 is 14.3 Å². The second-order valence-corrected chi connectivity index (χ2v) is 10.3. The Bertz CT molecular complexity index is 1800. The molecule has 5 aromatic rings. The monoisotopic (exact) mass is 629 g/mol. The lowest BCUT2D eigenvalue weighted by Crippen LogP contribution is -2.29. The van der Waals surface area contributed by atoms with Gasteiger partial charge in [-0.25, -0.2) is 4.79 Å². The second-order valence-electron chi connectivity index (χ2n) is 9.53. The van der Waals surface area contributed by atoms with Crippen molar-refractivity contribution in [2.45, 2.75) is 19.4 Å². The highest BCUT2D eigenvalue weighted by Crippen LogP contribution is 2.30. The number of nitrogens with one attached hydrogen (secondary N) is 2. The van der Waals surface area contributed by atoms with Crippen molar-refractivity contribution in [1.29, 1.82) is 0 Å². The van der Waals surface area contributed by atoms with Crippen molar-refractivity contribution in [2.24, 2.45) is 0 Å². The number of amides is 2. The number of methoxy groups -OCH3 is 1. The number of nitrogens with zero attached hydrogens (tertiary/aromatic N) is 7. The molecular formula is C30H25Cl2N9O3. The van der Waals surface area contributed by atoms with Gasteiger partial charge in [-0.2, -0.15) is 9.78 Å². The summed E-state index contributed by atoms with van der Waals surface area (Å²) in [5.74, 6) is -0.380. The standard InChI is InChI=1S/C30H25Cl2N9O3/c1-18-3-4-19(16-33-18)13-25(36-28(42)12-7-21-14-22(31)8-11-27(21)41-17-34-39-40-41)26-15-24(29(32)38-37-26)20-5-9-23(10-6-20)35-30(43)44-2/h3-12,14-17,25H,13H2,1-2H3,(H,35,43)(H,36,42)/b12-7+. The molecule has 0 aliphatic rings. The van der Waals surface area contributed by atoms with Crippen molar-refractivity contribution in [1.82, 2.24) is 40.7 Å². The van der Waals surface area contributed by atoms with Crippen molar-refractivity contribution in [3.63, 3.8) is 0 Å². The predicted molar refractivity (Wildman–Crippen MR) is 165 cm³/mol. The SMILES string of the molecule is COC(=O)Nc1ccc(-c2cc(C(Cc3ccc(C)nc3)NC(=O)/C=C/c3cc(Cl)ccc3-n3cnnn3)nnc2Cl)cc1. The summed E-state index contributed by atoms with van der Waals surface area (Å²) < 4.78 is 6.12. The third-order valence-electron chi connectivity index (χ3n) is 6.48. The van der Waals surface area contributed by atoms with Gasteiger partial charge in [-0.05, 0) is 83.4 Å². The quantitative estimate of drug-likeness (QED) is 0.204. The third-order valence-corrected chi connectivity index (χ3v) is 7.00. The lowest BCUT2D eigenvalue weighted by molar-refractivity contribution is -0.117. The van der Waals surface area contributed by atoms with Gasteiger partial charge in [0, 0.05) is 39.8 Å². The van der Waals surface area contributed by atoms with Crippen molar-refractivity contribution >= 4 is 47.0 Å². The Labute approximate surface area is 262 Å². The van der Waals surface area contributed by atoms with E-state index in [1.54, 1.807) is 60.8 Å². The molecular weight excluding hydrogens is 605 g/mol. The third kappa shape index (κ3) is 7.60. The van der Waals surface area contributed by atoms with E-state index in [1.165, 1.54) is 24.2 Å². The average Bonchev–Trinajstić information content (AvgIpc) is 3.56. The van der Waals surface area contributed by atoms with Crippen molar-refractivity contribution in [3.05, 3.63) is 112 Å². The van der Waals surface area contributed by atoms with Crippen LogP contribution < -0.4 is 10.6 Å². The molecule has 0 fully saturated rings. The van der Waals surface area contributed by atoms with Crippen LogP contribution in [0.1, 0.15) is 28.6 Å². The molecule has 1 atom stereocenters. The minimum Gasteiger partial charge on any atom is -0.453 e. The highest BCUT2D eigenvalue weighted by Gasteiger charge is 2.20. The number of carbonyl (C=O) groups is 2. The van der Waals surface area contributed by atoms with Crippen LogP contribution in [0.5, 0.6) is 0 Å². The number of halogens is 2. The molecule has 0 aliphatic carbocycles. The van der Waals surface area contributed by atoms with Gasteiger partial charge in [0.25, 0.3) is 0 Å². The molecule has 2 N–H and O–H groups in total. The first-order valence-corrected chi connectivity index (χ1v) is 14.0. The molecule has 14 heteroatoms. The Hall–Kier alpha value is -5.20. The van der Waals surface area contributed by atoms with Crippen LogP contribution in [0.15, 0.2) is 79.3 Å². The van der Waals surface area contributed by atoms with Gasteiger partial charge in [-0.3, -0.25) is 15.1 Å². The zero-order valence-electron chi connectivity index (χ0n) is 23.5. The van der Waals surface area contributed by atoms with Gasteiger partial charge in [0.15, 0.2) is 5.15 Å². The summed E-state index contributed by atoms with van der Waals surface area (Å²) in [7, 11) is 1.29. The highest BCUT2D eigenvalue weighted by molar-refractivity contribution is 6.32. The van der Waals surface area contributed by atoms with E-state index in [0.717, 1.165) is 16.8 Å². The van der Waals surface area contributed by atoms with Crippen LogP contribution in [-0.2, 0) is 16.0 Å². The Balaban J connectivity index is 1.43. The predicted octanol–water partition coefficient (Wildman–Crippen LogP) is 5.42. The summed E-state index contributed by atoms with van der Waals surface area (Å²) >= 11 is 12.7. The smallest absolute Gasteiger partial charge is 0.411 e. The number of carbonyl (C=O) groups excluding carboxylic acids is 2. The molecule has 0 saturated heterocycles. The van der Waals surface area contributed by atoms with Crippen LogP contribution in [0.2, 0.25) is 10.2 Å². The fraction of sp³-hybridized carbons (Fsp3) is 0.133. The molecule has 0 bridgehead atoms. The van der Waals surface area contributed by atoms with Gasteiger partial charge in [0.05, 0.1) is 24.5 Å². The molecule has 12 nitrogen and oxygen atoms in total. The van der Waals surface area contributed by atoms with Gasteiger partial charge in [-0.1, -0.05) is 41.4 Å². The Morgan fingerprint density at radius 1 is 1.05 bits per heavy atom. The number of pyridine rings is 1. The summed E-state index contributed by atoms with van der Waals surface area (Å²) in [5.41, 5.74) is 5.41. The molecule has 0 saturated carbocycles. The first kappa shape index (κ1) is 30.3. The molecule has 44 heavy (non-hydrogen) atoms. The number of tetrazole rings is 1. The molecule has 2 aromatic carbocycles. The van der Waals surface area contributed by atoms with E-state index in [-0.39, 0.29) is 11.1 Å². The molecule has 0 spiro atoms. The molecule has 2 amide bonds. The fourth-order valence-corrected chi connectivity index (χ4v) is 4.66. The number of aryl methyl sites for hydroxylation is 1. The van der Waals surface area contributed by atoms with Crippen LogP contribution in [0.25, 0.3) is 22.9 Å². The number of benzene rings is 2.